The van der Waals surface area contributed by atoms with E-state index in [9.17, 15) is 18.7 Å². The molecule has 4 nitrogen and oxygen atoms in total. The van der Waals surface area contributed by atoms with Crippen LogP contribution in [0.1, 0.15) is 6.92 Å². The van der Waals surface area contributed by atoms with Crippen molar-refractivity contribution < 1.29 is 23.4 Å². The molecule has 2 unspecified atom stereocenters. The highest BCUT2D eigenvalue weighted by molar-refractivity contribution is 8.00. The number of aliphatic hydroxyl groups is 1. The predicted octanol–water partition coefficient (Wildman–Crippen LogP) is 3.65. The summed E-state index contributed by atoms with van der Waals surface area (Å²) in [6, 6.07) is 10.2. The number of hydrogen-bond acceptors (Lipinski definition) is 4. The molecule has 0 bridgehead atoms. The van der Waals surface area contributed by atoms with Gasteiger partial charge in [-0.1, -0.05) is 11.6 Å². The molecule has 0 aliphatic heterocycles. The molecule has 0 aliphatic rings. The number of benzene rings is 2. The molecule has 0 saturated carbocycles. The summed E-state index contributed by atoms with van der Waals surface area (Å²) in [5.74, 6) is -2.14. The number of hydrogen-bond donors (Lipinski definition) is 2. The third-order valence-electron chi connectivity index (χ3n) is 3.34. The van der Waals surface area contributed by atoms with Gasteiger partial charge in [0, 0.05) is 22.5 Å². The van der Waals surface area contributed by atoms with Crippen LogP contribution >= 0.6 is 23.4 Å². The van der Waals surface area contributed by atoms with Gasteiger partial charge in [-0.15, -0.1) is 11.8 Å². The fraction of sp³-hybridized carbons (Fsp3) is 0.278. The lowest BCUT2D eigenvalue weighted by molar-refractivity contribution is -0.120. The fourth-order valence-corrected chi connectivity index (χ4v) is 2.97. The van der Waals surface area contributed by atoms with Crippen LogP contribution in [0.3, 0.4) is 0 Å². The molecular formula is C18H18ClF2NO3S. The van der Waals surface area contributed by atoms with Gasteiger partial charge in [0.25, 0.3) is 0 Å². The Morgan fingerprint density at radius 2 is 1.92 bits per heavy atom. The number of carbonyl (C=O) groups is 1. The number of halogens is 3. The van der Waals surface area contributed by atoms with Gasteiger partial charge in [-0.3, -0.25) is 4.79 Å². The lowest BCUT2D eigenvalue weighted by Gasteiger charge is -2.16. The monoisotopic (exact) mass is 401 g/mol. The summed E-state index contributed by atoms with van der Waals surface area (Å²) in [6.45, 7) is 1.57. The Balaban J connectivity index is 1.73. The van der Waals surface area contributed by atoms with Crippen molar-refractivity contribution in [3.63, 3.8) is 0 Å². The van der Waals surface area contributed by atoms with Crippen LogP contribution in [-0.2, 0) is 4.79 Å². The molecule has 0 saturated heterocycles. The lowest BCUT2D eigenvalue weighted by atomic mass is 10.3. The Bertz CT molecular complexity index is 746. The Morgan fingerprint density at radius 3 is 2.58 bits per heavy atom. The smallest absolute Gasteiger partial charge is 0.233 e. The van der Waals surface area contributed by atoms with E-state index in [4.69, 9.17) is 16.3 Å². The molecule has 0 spiro atoms. The van der Waals surface area contributed by atoms with E-state index < -0.39 is 17.7 Å². The molecule has 2 atom stereocenters. The first kappa shape index (κ1) is 20.5. The van der Waals surface area contributed by atoms with Crippen LogP contribution in [0.4, 0.5) is 8.78 Å². The molecular weight excluding hydrogens is 384 g/mol. The standard InChI is InChI=1S/C18H18ClF2NO3S/c1-11(26-15-5-2-12(19)3-6-15)18(24)22-9-13(23)10-25-14-4-7-16(20)17(21)8-14/h2-8,11,13,23H,9-10H2,1H3,(H,22,24). The zero-order chi connectivity index (χ0) is 19.1. The summed E-state index contributed by atoms with van der Waals surface area (Å²) in [5, 5.41) is 12.7. The molecule has 0 aromatic heterocycles. The Hall–Kier alpha value is -1.83. The van der Waals surface area contributed by atoms with E-state index in [2.05, 4.69) is 5.32 Å². The number of rotatable bonds is 8. The van der Waals surface area contributed by atoms with Crippen LogP contribution in [0.5, 0.6) is 5.75 Å². The highest BCUT2D eigenvalue weighted by Crippen LogP contribution is 2.24. The van der Waals surface area contributed by atoms with Crippen molar-refractivity contribution in [2.24, 2.45) is 0 Å². The van der Waals surface area contributed by atoms with E-state index in [1.54, 1.807) is 19.1 Å². The Morgan fingerprint density at radius 1 is 1.23 bits per heavy atom. The topological polar surface area (TPSA) is 58.6 Å². The van der Waals surface area contributed by atoms with Crippen LogP contribution < -0.4 is 10.1 Å². The largest absolute Gasteiger partial charge is 0.491 e. The van der Waals surface area contributed by atoms with Crippen molar-refractivity contribution in [2.45, 2.75) is 23.2 Å². The number of ether oxygens (including phenoxy) is 1. The molecule has 2 N–H and O–H groups in total. The van der Waals surface area contributed by atoms with Gasteiger partial charge >= 0.3 is 0 Å². The number of nitrogens with one attached hydrogen (secondary N) is 1. The van der Waals surface area contributed by atoms with Crippen LogP contribution in [0.2, 0.25) is 5.02 Å². The predicted molar refractivity (Wildman–Crippen MR) is 97.6 cm³/mol. The van der Waals surface area contributed by atoms with Gasteiger partial charge in [0.1, 0.15) is 18.5 Å². The Kier molecular flexibility index (Phi) is 7.68. The van der Waals surface area contributed by atoms with Crippen molar-refractivity contribution in [1.82, 2.24) is 5.32 Å². The average Bonchev–Trinajstić information content (AvgIpc) is 2.62. The highest BCUT2D eigenvalue weighted by Gasteiger charge is 2.16. The quantitative estimate of drug-likeness (QED) is 0.663. The van der Waals surface area contributed by atoms with E-state index >= 15 is 0 Å². The van der Waals surface area contributed by atoms with Gasteiger partial charge in [0.15, 0.2) is 11.6 Å². The van der Waals surface area contributed by atoms with Gasteiger partial charge in [0.2, 0.25) is 5.91 Å². The Labute approximate surface area is 159 Å². The molecule has 2 rings (SSSR count). The van der Waals surface area contributed by atoms with Crippen molar-refractivity contribution in [2.75, 3.05) is 13.2 Å². The number of carbonyl (C=O) groups excluding carboxylic acids is 1. The number of amides is 1. The summed E-state index contributed by atoms with van der Waals surface area (Å²) in [7, 11) is 0. The lowest BCUT2D eigenvalue weighted by Crippen LogP contribution is -2.38. The van der Waals surface area contributed by atoms with Gasteiger partial charge in [-0.2, -0.15) is 0 Å². The molecule has 26 heavy (non-hydrogen) atoms. The van der Waals surface area contributed by atoms with E-state index in [0.717, 1.165) is 17.0 Å². The van der Waals surface area contributed by atoms with E-state index in [-0.39, 0.29) is 30.1 Å². The van der Waals surface area contributed by atoms with Gasteiger partial charge < -0.3 is 15.2 Å². The molecule has 1 amide bonds. The van der Waals surface area contributed by atoms with Crippen molar-refractivity contribution in [3.8, 4) is 5.75 Å². The van der Waals surface area contributed by atoms with Gasteiger partial charge in [0.05, 0.1) is 5.25 Å². The molecule has 0 fully saturated rings. The van der Waals surface area contributed by atoms with Crippen LogP contribution in [0, 0.1) is 11.6 Å². The zero-order valence-corrected chi connectivity index (χ0v) is 15.5. The van der Waals surface area contributed by atoms with Crippen LogP contribution in [0.25, 0.3) is 0 Å². The maximum absolute atomic E-state index is 13.1. The fourth-order valence-electron chi connectivity index (χ4n) is 1.95. The van der Waals surface area contributed by atoms with Gasteiger partial charge in [-0.05, 0) is 43.3 Å². The third-order valence-corrected chi connectivity index (χ3v) is 4.71. The molecule has 2 aromatic carbocycles. The highest BCUT2D eigenvalue weighted by atomic mass is 35.5. The third kappa shape index (κ3) is 6.48. The van der Waals surface area contributed by atoms with Crippen molar-refractivity contribution in [3.05, 3.63) is 59.1 Å². The summed E-state index contributed by atoms with van der Waals surface area (Å²) < 4.78 is 31.1. The van der Waals surface area contributed by atoms with Crippen molar-refractivity contribution >= 4 is 29.3 Å². The molecule has 0 aliphatic carbocycles. The van der Waals surface area contributed by atoms with Crippen LogP contribution in [-0.4, -0.2) is 35.5 Å². The first-order valence-electron chi connectivity index (χ1n) is 7.81. The second-order valence-corrected chi connectivity index (χ2v) is 7.35. The average molecular weight is 402 g/mol. The summed E-state index contributed by atoms with van der Waals surface area (Å²) >= 11 is 7.18. The summed E-state index contributed by atoms with van der Waals surface area (Å²) in [6.07, 6.45) is -0.986. The summed E-state index contributed by atoms with van der Waals surface area (Å²) in [5.41, 5.74) is 0. The number of thioether (sulfide) groups is 1. The zero-order valence-electron chi connectivity index (χ0n) is 13.9. The second kappa shape index (κ2) is 9.75. The molecule has 140 valence electrons. The molecule has 8 heteroatoms. The minimum atomic E-state index is -1.03. The first-order chi connectivity index (χ1) is 12.3. The van der Waals surface area contributed by atoms with Crippen molar-refractivity contribution in [1.29, 1.82) is 0 Å². The molecule has 0 radical (unpaired) electrons. The first-order valence-corrected chi connectivity index (χ1v) is 9.06. The van der Waals surface area contributed by atoms with Gasteiger partial charge in [-0.25, -0.2) is 8.78 Å². The van der Waals surface area contributed by atoms with E-state index in [1.165, 1.54) is 17.8 Å². The maximum atomic E-state index is 13.1. The minimum absolute atomic E-state index is 0.0198. The van der Waals surface area contributed by atoms with Crippen LogP contribution in [0.15, 0.2) is 47.4 Å². The number of aliphatic hydroxyl groups excluding tert-OH is 1. The second-order valence-electron chi connectivity index (χ2n) is 5.50. The molecule has 0 heterocycles. The normalized spacial score (nSPS) is 13.1. The molecule has 2 aromatic rings. The SMILES string of the molecule is CC(Sc1ccc(Cl)cc1)C(=O)NCC(O)COc1ccc(F)c(F)c1. The minimum Gasteiger partial charge on any atom is -0.491 e. The van der Waals surface area contributed by atoms with E-state index in [0.29, 0.717) is 5.02 Å². The maximum Gasteiger partial charge on any atom is 0.233 e. The summed E-state index contributed by atoms with van der Waals surface area (Å²) in [4.78, 5) is 13.0. The van der Waals surface area contributed by atoms with E-state index in [1.807, 2.05) is 12.1 Å².